The lowest BCUT2D eigenvalue weighted by Crippen LogP contribution is -2.45. The Bertz CT molecular complexity index is 318. The van der Waals surface area contributed by atoms with Crippen molar-refractivity contribution >= 4 is 23.1 Å². The molecule has 4 nitrogen and oxygen atoms in total. The van der Waals surface area contributed by atoms with Gasteiger partial charge in [0.2, 0.25) is 0 Å². The van der Waals surface area contributed by atoms with Gasteiger partial charge in [0.1, 0.15) is 5.01 Å². The normalized spacial score (nSPS) is 14.8. The summed E-state index contributed by atoms with van der Waals surface area (Å²) in [7, 11) is 1.92. The van der Waals surface area contributed by atoms with E-state index in [1.807, 2.05) is 14.0 Å². The number of aryl methyl sites for hydroxylation is 1. The number of nitrogens with zero attached hydrogens (tertiary/aromatic N) is 2. The van der Waals surface area contributed by atoms with Gasteiger partial charge in [-0.3, -0.25) is 0 Å². The van der Waals surface area contributed by atoms with Crippen molar-refractivity contribution in [3.63, 3.8) is 0 Å². The molecule has 0 aliphatic rings. The van der Waals surface area contributed by atoms with Gasteiger partial charge in [-0.1, -0.05) is 30.0 Å². The minimum Gasteiger partial charge on any atom is -0.394 e. The van der Waals surface area contributed by atoms with Gasteiger partial charge in [-0.05, 0) is 33.2 Å². The second kappa shape index (κ2) is 7.31. The number of aromatic nitrogens is 2. The highest BCUT2D eigenvalue weighted by Gasteiger charge is 2.24. The number of rotatable bonds is 8. The summed E-state index contributed by atoms with van der Waals surface area (Å²) in [5.41, 5.74) is -0.113. The zero-order valence-corrected chi connectivity index (χ0v) is 12.3. The van der Waals surface area contributed by atoms with E-state index in [0.29, 0.717) is 0 Å². The fourth-order valence-electron chi connectivity index (χ4n) is 1.66. The van der Waals surface area contributed by atoms with E-state index in [0.717, 1.165) is 34.4 Å². The van der Waals surface area contributed by atoms with Crippen molar-refractivity contribution in [2.24, 2.45) is 0 Å². The molecule has 1 heterocycles. The predicted octanol–water partition coefficient (Wildman–Crippen LogP) is 2.08. The van der Waals surface area contributed by atoms with E-state index in [2.05, 4.69) is 22.4 Å². The summed E-state index contributed by atoms with van der Waals surface area (Å²) in [4.78, 5) is 0. The molecule has 6 heteroatoms. The van der Waals surface area contributed by atoms with Crippen molar-refractivity contribution in [2.45, 2.75) is 43.0 Å². The molecule has 0 saturated heterocycles. The van der Waals surface area contributed by atoms with Crippen LogP contribution in [0.2, 0.25) is 0 Å². The summed E-state index contributed by atoms with van der Waals surface area (Å²) < 4.78 is 1.04. The molecular weight excluding hydrogens is 254 g/mol. The average Bonchev–Trinajstić information content (AvgIpc) is 2.76. The molecule has 1 aromatic heterocycles. The molecular formula is C11H21N3OS2. The van der Waals surface area contributed by atoms with E-state index in [4.69, 9.17) is 0 Å². The monoisotopic (exact) mass is 275 g/mol. The number of likely N-dealkylation sites (N-methyl/N-ethyl adjacent to an activating group) is 1. The van der Waals surface area contributed by atoms with Crippen LogP contribution in [0.25, 0.3) is 0 Å². The quantitative estimate of drug-likeness (QED) is 0.562. The SMILES string of the molecule is CCC(CO)(CCCSc1nnc(C)s1)NC. The molecule has 0 spiro atoms. The summed E-state index contributed by atoms with van der Waals surface area (Å²) >= 11 is 3.39. The summed E-state index contributed by atoms with van der Waals surface area (Å²) in [5.74, 6) is 1.03. The van der Waals surface area contributed by atoms with Crippen LogP contribution in [0.4, 0.5) is 0 Å². The van der Waals surface area contributed by atoms with Gasteiger partial charge in [-0.2, -0.15) is 0 Å². The van der Waals surface area contributed by atoms with Gasteiger partial charge in [0, 0.05) is 11.3 Å². The van der Waals surface area contributed by atoms with Crippen LogP contribution in [0.15, 0.2) is 4.34 Å². The third-order valence-corrected chi connectivity index (χ3v) is 5.10. The van der Waals surface area contributed by atoms with Gasteiger partial charge in [0.05, 0.1) is 6.61 Å². The minimum atomic E-state index is -0.113. The van der Waals surface area contributed by atoms with Crippen LogP contribution in [0.3, 0.4) is 0 Å². The van der Waals surface area contributed by atoms with E-state index in [1.165, 1.54) is 0 Å². The topological polar surface area (TPSA) is 58.0 Å². The Morgan fingerprint density at radius 3 is 2.71 bits per heavy atom. The molecule has 0 fully saturated rings. The number of hydrogen-bond donors (Lipinski definition) is 2. The molecule has 0 amide bonds. The molecule has 0 aliphatic heterocycles. The van der Waals surface area contributed by atoms with Crippen LogP contribution in [0, 0.1) is 6.92 Å². The molecule has 98 valence electrons. The van der Waals surface area contributed by atoms with Crippen molar-refractivity contribution in [1.82, 2.24) is 15.5 Å². The van der Waals surface area contributed by atoms with E-state index >= 15 is 0 Å². The molecule has 1 unspecified atom stereocenters. The van der Waals surface area contributed by atoms with Crippen molar-refractivity contribution < 1.29 is 5.11 Å². The van der Waals surface area contributed by atoms with Gasteiger partial charge in [0.25, 0.3) is 0 Å². The Labute approximate surface area is 111 Å². The molecule has 1 aromatic rings. The molecule has 0 saturated carbocycles. The van der Waals surface area contributed by atoms with Crippen molar-refractivity contribution in [2.75, 3.05) is 19.4 Å². The lowest BCUT2D eigenvalue weighted by molar-refractivity contribution is 0.154. The first kappa shape index (κ1) is 14.9. The van der Waals surface area contributed by atoms with Crippen molar-refractivity contribution in [1.29, 1.82) is 0 Å². The highest BCUT2D eigenvalue weighted by Crippen LogP contribution is 2.24. The maximum atomic E-state index is 9.41. The van der Waals surface area contributed by atoms with Gasteiger partial charge >= 0.3 is 0 Å². The highest BCUT2D eigenvalue weighted by atomic mass is 32.2. The Kier molecular flexibility index (Phi) is 6.40. The van der Waals surface area contributed by atoms with Crippen LogP contribution in [0.1, 0.15) is 31.2 Å². The number of thioether (sulfide) groups is 1. The van der Waals surface area contributed by atoms with E-state index in [-0.39, 0.29) is 12.1 Å². The summed E-state index contributed by atoms with van der Waals surface area (Å²) in [5, 5.41) is 21.7. The number of aliphatic hydroxyl groups is 1. The predicted molar refractivity (Wildman–Crippen MR) is 73.8 cm³/mol. The lowest BCUT2D eigenvalue weighted by Gasteiger charge is -2.30. The largest absolute Gasteiger partial charge is 0.394 e. The Morgan fingerprint density at radius 1 is 1.47 bits per heavy atom. The van der Waals surface area contributed by atoms with Gasteiger partial charge in [0.15, 0.2) is 4.34 Å². The number of nitrogens with one attached hydrogen (secondary N) is 1. The maximum Gasteiger partial charge on any atom is 0.174 e. The van der Waals surface area contributed by atoms with Crippen LogP contribution < -0.4 is 5.32 Å². The second-order valence-corrected chi connectivity index (χ2v) is 6.60. The van der Waals surface area contributed by atoms with Gasteiger partial charge in [-0.15, -0.1) is 10.2 Å². The Hall–Kier alpha value is -0.170. The fourth-order valence-corrected chi connectivity index (χ4v) is 3.48. The van der Waals surface area contributed by atoms with Gasteiger partial charge < -0.3 is 10.4 Å². The molecule has 0 radical (unpaired) electrons. The molecule has 0 aromatic carbocycles. The average molecular weight is 275 g/mol. The van der Waals surface area contributed by atoms with Crippen molar-refractivity contribution in [3.8, 4) is 0 Å². The molecule has 1 rings (SSSR count). The van der Waals surface area contributed by atoms with E-state index < -0.39 is 0 Å². The first-order valence-corrected chi connectivity index (χ1v) is 7.68. The standard InChI is InChI=1S/C11H21N3OS2/c1-4-11(8-15,12-3)6-5-7-16-10-14-13-9(2)17-10/h12,15H,4-8H2,1-3H3. The molecule has 17 heavy (non-hydrogen) atoms. The Morgan fingerprint density at radius 2 is 2.24 bits per heavy atom. The summed E-state index contributed by atoms with van der Waals surface area (Å²) in [6.45, 7) is 4.27. The highest BCUT2D eigenvalue weighted by molar-refractivity contribution is 8.01. The zero-order chi connectivity index (χ0) is 12.7. The van der Waals surface area contributed by atoms with Crippen molar-refractivity contribution in [3.05, 3.63) is 5.01 Å². The third-order valence-electron chi connectivity index (χ3n) is 3.04. The van der Waals surface area contributed by atoms with Crippen LogP contribution in [-0.4, -0.2) is 40.3 Å². The first-order chi connectivity index (χ1) is 8.15. The Balaban J connectivity index is 2.27. The fraction of sp³-hybridized carbons (Fsp3) is 0.818. The summed E-state index contributed by atoms with van der Waals surface area (Å²) in [6, 6.07) is 0. The second-order valence-electron chi connectivity index (χ2n) is 4.08. The van der Waals surface area contributed by atoms with Crippen LogP contribution in [-0.2, 0) is 0 Å². The van der Waals surface area contributed by atoms with E-state index in [1.54, 1.807) is 23.1 Å². The summed E-state index contributed by atoms with van der Waals surface area (Å²) in [6.07, 6.45) is 3.00. The molecule has 0 aliphatic carbocycles. The molecule has 0 bridgehead atoms. The molecule has 2 N–H and O–H groups in total. The zero-order valence-electron chi connectivity index (χ0n) is 10.7. The van der Waals surface area contributed by atoms with Crippen LogP contribution >= 0.6 is 23.1 Å². The molecule has 1 atom stereocenters. The first-order valence-electron chi connectivity index (χ1n) is 5.88. The smallest absolute Gasteiger partial charge is 0.174 e. The number of hydrogen-bond acceptors (Lipinski definition) is 6. The van der Waals surface area contributed by atoms with E-state index in [9.17, 15) is 5.11 Å². The minimum absolute atomic E-state index is 0.113. The maximum absolute atomic E-state index is 9.41. The number of aliphatic hydroxyl groups excluding tert-OH is 1. The lowest BCUT2D eigenvalue weighted by atomic mass is 9.92. The van der Waals surface area contributed by atoms with Gasteiger partial charge in [-0.25, -0.2) is 0 Å². The third kappa shape index (κ3) is 4.54. The van der Waals surface area contributed by atoms with Crippen LogP contribution in [0.5, 0.6) is 0 Å².